The molecule has 1 saturated heterocycles. The van der Waals surface area contributed by atoms with E-state index in [0.717, 1.165) is 5.56 Å². The van der Waals surface area contributed by atoms with E-state index in [1.54, 1.807) is 12.1 Å². The maximum Gasteiger partial charge on any atom is 0.408 e. The summed E-state index contributed by atoms with van der Waals surface area (Å²) in [6.45, 7) is 3.27. The largest absolute Gasteiger partial charge is 0.461 e. The Bertz CT molecular complexity index is 684. The van der Waals surface area contributed by atoms with Gasteiger partial charge in [-0.2, -0.15) is 0 Å². The number of benzene rings is 1. The Morgan fingerprint density at radius 1 is 1.03 bits per heavy atom. The second kappa shape index (κ2) is 11.2. The van der Waals surface area contributed by atoms with E-state index in [9.17, 15) is 30.0 Å². The number of aliphatic hydroxyl groups is 4. The number of hydrogen-bond donors (Lipinski definition) is 5. The van der Waals surface area contributed by atoms with E-state index in [-0.39, 0.29) is 18.9 Å². The van der Waals surface area contributed by atoms with Gasteiger partial charge in [-0.3, -0.25) is 0 Å². The molecule has 30 heavy (non-hydrogen) atoms. The van der Waals surface area contributed by atoms with Crippen LogP contribution in [0.5, 0.6) is 0 Å². The summed E-state index contributed by atoms with van der Waals surface area (Å²) in [5.74, 6) is -0.737. The topological polar surface area (TPSA) is 155 Å². The molecule has 0 aromatic heterocycles. The van der Waals surface area contributed by atoms with Gasteiger partial charge in [0, 0.05) is 0 Å². The number of carbonyl (C=O) groups is 2. The zero-order valence-electron chi connectivity index (χ0n) is 16.9. The molecule has 0 bridgehead atoms. The van der Waals surface area contributed by atoms with Gasteiger partial charge in [-0.1, -0.05) is 44.2 Å². The average molecular weight is 427 g/mol. The summed E-state index contributed by atoms with van der Waals surface area (Å²) in [6.07, 6.45) is -8.39. The van der Waals surface area contributed by atoms with Crippen LogP contribution in [0, 0.1) is 5.92 Å². The number of hydrogen-bond acceptors (Lipinski definition) is 9. The summed E-state index contributed by atoms with van der Waals surface area (Å²) in [5.41, 5.74) is 0.790. The van der Waals surface area contributed by atoms with E-state index in [2.05, 4.69) is 5.32 Å². The van der Waals surface area contributed by atoms with Gasteiger partial charge in [0.05, 0.1) is 0 Å². The van der Waals surface area contributed by atoms with E-state index in [1.807, 2.05) is 32.0 Å². The lowest BCUT2D eigenvalue weighted by Crippen LogP contribution is -2.59. The number of rotatable bonds is 8. The average Bonchev–Trinajstić information content (AvgIpc) is 2.72. The molecule has 6 atom stereocenters. The number of esters is 1. The molecule has 1 aliphatic rings. The number of nitrogens with one attached hydrogen (secondary N) is 1. The molecular weight excluding hydrogens is 398 g/mol. The molecule has 0 saturated carbocycles. The first-order chi connectivity index (χ1) is 14.2. The standard InChI is InChI=1S/C20H29NO9/c1-11(2)8-13(21-20(27)29-9-12-6-4-3-5-7-12)18(25)28-10-14-15(22)16(23)17(24)19(26)30-14/h3-7,11,13-17,19,22-24,26H,8-10H2,1-2H3,(H,21,27). The Labute approximate surface area is 174 Å². The fourth-order valence-corrected chi connectivity index (χ4v) is 2.93. The molecule has 2 rings (SSSR count). The third kappa shape index (κ3) is 6.92. The normalized spacial score (nSPS) is 27.4. The van der Waals surface area contributed by atoms with Crippen molar-refractivity contribution in [2.45, 2.75) is 63.6 Å². The summed E-state index contributed by atoms with van der Waals surface area (Å²) < 4.78 is 15.2. The van der Waals surface area contributed by atoms with Gasteiger partial charge in [0.25, 0.3) is 0 Å². The quantitative estimate of drug-likeness (QED) is 0.351. The molecule has 6 unspecified atom stereocenters. The van der Waals surface area contributed by atoms with Crippen LogP contribution in [0.4, 0.5) is 4.79 Å². The van der Waals surface area contributed by atoms with Crippen molar-refractivity contribution in [2.75, 3.05) is 6.61 Å². The molecule has 1 fully saturated rings. The second-order valence-electron chi connectivity index (χ2n) is 7.56. The fraction of sp³-hybridized carbons (Fsp3) is 0.600. The third-order valence-electron chi connectivity index (χ3n) is 4.57. The second-order valence-corrected chi connectivity index (χ2v) is 7.56. The molecule has 0 spiro atoms. The van der Waals surface area contributed by atoms with Crippen molar-refractivity contribution < 1.29 is 44.2 Å². The Morgan fingerprint density at radius 2 is 1.70 bits per heavy atom. The fourth-order valence-electron chi connectivity index (χ4n) is 2.93. The van der Waals surface area contributed by atoms with E-state index < -0.39 is 55.4 Å². The predicted octanol–water partition coefficient (Wildman–Crippen LogP) is -0.329. The van der Waals surface area contributed by atoms with Gasteiger partial charge in [-0.15, -0.1) is 0 Å². The van der Waals surface area contributed by atoms with Crippen molar-refractivity contribution >= 4 is 12.1 Å². The summed E-state index contributed by atoms with van der Waals surface area (Å²) in [5, 5.41) is 41.1. The zero-order chi connectivity index (χ0) is 22.3. The van der Waals surface area contributed by atoms with Crippen molar-refractivity contribution in [3.8, 4) is 0 Å². The minimum atomic E-state index is -1.73. The van der Waals surface area contributed by atoms with Gasteiger partial charge in [0.1, 0.15) is 43.7 Å². The van der Waals surface area contributed by atoms with Crippen LogP contribution in [0.15, 0.2) is 30.3 Å². The first kappa shape index (κ1) is 24.0. The molecule has 1 aliphatic heterocycles. The minimum absolute atomic E-state index is 0.0380. The molecule has 168 valence electrons. The van der Waals surface area contributed by atoms with Crippen LogP contribution < -0.4 is 5.32 Å². The van der Waals surface area contributed by atoms with Crippen molar-refractivity contribution in [3.63, 3.8) is 0 Å². The maximum absolute atomic E-state index is 12.5. The lowest BCUT2D eigenvalue weighted by molar-refractivity contribution is -0.287. The maximum atomic E-state index is 12.5. The van der Waals surface area contributed by atoms with E-state index in [4.69, 9.17) is 14.2 Å². The van der Waals surface area contributed by atoms with Gasteiger partial charge < -0.3 is 40.0 Å². The van der Waals surface area contributed by atoms with Crippen LogP contribution in [0.3, 0.4) is 0 Å². The summed E-state index contributed by atoms with van der Waals surface area (Å²) >= 11 is 0. The molecule has 1 aromatic rings. The molecular formula is C20H29NO9. The smallest absolute Gasteiger partial charge is 0.408 e. The lowest BCUT2D eigenvalue weighted by atomic mass is 9.99. The van der Waals surface area contributed by atoms with Crippen molar-refractivity contribution in [1.82, 2.24) is 5.32 Å². The Kier molecular flexibility index (Phi) is 9.00. The van der Waals surface area contributed by atoms with Crippen LogP contribution in [0.1, 0.15) is 25.8 Å². The monoisotopic (exact) mass is 427 g/mol. The molecule has 10 heteroatoms. The number of carbonyl (C=O) groups excluding carboxylic acids is 2. The van der Waals surface area contributed by atoms with Gasteiger partial charge in [0.2, 0.25) is 0 Å². The summed E-state index contributed by atoms with van der Waals surface area (Å²) in [4.78, 5) is 24.6. The van der Waals surface area contributed by atoms with E-state index in [0.29, 0.717) is 0 Å². The first-order valence-corrected chi connectivity index (χ1v) is 9.70. The van der Waals surface area contributed by atoms with Gasteiger partial charge in [-0.25, -0.2) is 9.59 Å². The van der Waals surface area contributed by atoms with E-state index in [1.165, 1.54) is 0 Å². The van der Waals surface area contributed by atoms with Crippen LogP contribution in [0.25, 0.3) is 0 Å². The molecule has 0 radical (unpaired) electrons. The SMILES string of the molecule is CC(C)CC(NC(=O)OCc1ccccc1)C(=O)OCC1OC(O)C(O)C(O)C1O. The molecule has 1 aromatic carbocycles. The Morgan fingerprint density at radius 3 is 2.33 bits per heavy atom. The molecule has 10 nitrogen and oxygen atoms in total. The van der Waals surface area contributed by atoms with Crippen LogP contribution in [0.2, 0.25) is 0 Å². The van der Waals surface area contributed by atoms with E-state index >= 15 is 0 Å². The molecule has 0 aliphatic carbocycles. The zero-order valence-corrected chi connectivity index (χ0v) is 16.9. The highest BCUT2D eigenvalue weighted by molar-refractivity contribution is 5.81. The highest BCUT2D eigenvalue weighted by atomic mass is 16.7. The molecule has 1 heterocycles. The van der Waals surface area contributed by atoms with Crippen molar-refractivity contribution in [3.05, 3.63) is 35.9 Å². The number of amides is 1. The van der Waals surface area contributed by atoms with Gasteiger partial charge in [-0.05, 0) is 17.9 Å². The van der Waals surface area contributed by atoms with Gasteiger partial charge in [0.15, 0.2) is 6.29 Å². The van der Waals surface area contributed by atoms with Crippen LogP contribution in [-0.4, -0.2) is 75.8 Å². The van der Waals surface area contributed by atoms with Crippen molar-refractivity contribution in [1.29, 1.82) is 0 Å². The summed E-state index contributed by atoms with van der Waals surface area (Å²) in [6, 6.07) is 8.04. The highest BCUT2D eigenvalue weighted by Gasteiger charge is 2.43. The van der Waals surface area contributed by atoms with Gasteiger partial charge >= 0.3 is 12.1 Å². The molecule has 1 amide bonds. The Hall–Kier alpha value is -2.24. The van der Waals surface area contributed by atoms with Crippen LogP contribution >= 0.6 is 0 Å². The summed E-state index contributed by atoms with van der Waals surface area (Å²) in [7, 11) is 0. The number of aliphatic hydroxyl groups excluding tert-OH is 4. The molecule has 5 N–H and O–H groups in total. The number of alkyl carbamates (subject to hydrolysis) is 1. The van der Waals surface area contributed by atoms with Crippen molar-refractivity contribution in [2.24, 2.45) is 5.92 Å². The predicted molar refractivity (Wildman–Crippen MR) is 103 cm³/mol. The van der Waals surface area contributed by atoms with Crippen LogP contribution in [-0.2, 0) is 25.6 Å². The minimum Gasteiger partial charge on any atom is -0.461 e. The highest BCUT2D eigenvalue weighted by Crippen LogP contribution is 2.20. The third-order valence-corrected chi connectivity index (χ3v) is 4.57. The number of ether oxygens (including phenoxy) is 3. The lowest BCUT2D eigenvalue weighted by Gasteiger charge is -2.38. The Balaban J connectivity index is 1.88. The first-order valence-electron chi connectivity index (χ1n) is 9.70.